The number of carboxylic acid groups (broad SMARTS) is 1. The number of amides is 4. The lowest BCUT2D eigenvalue weighted by molar-refractivity contribution is -0.189. The molecule has 0 bridgehead atoms. The molecule has 2 aliphatic heterocycles. The zero-order valence-corrected chi connectivity index (χ0v) is 23.6. The van der Waals surface area contributed by atoms with Crippen LogP contribution in [0.1, 0.15) is 31.7 Å². The Morgan fingerprint density at radius 1 is 1.25 bits per heavy atom. The van der Waals surface area contributed by atoms with Crippen LogP contribution in [0.5, 0.6) is 0 Å². The molecule has 2 saturated heterocycles. The highest BCUT2D eigenvalue weighted by molar-refractivity contribution is 6.39. The molecule has 1 unspecified atom stereocenters. The number of carbonyl (C=O) groups is 4. The first-order valence-corrected chi connectivity index (χ1v) is 13.6. The molecule has 10 nitrogen and oxygen atoms in total. The van der Waals surface area contributed by atoms with E-state index in [2.05, 4.69) is 11.2 Å². The van der Waals surface area contributed by atoms with E-state index in [-0.39, 0.29) is 45.6 Å². The van der Waals surface area contributed by atoms with Crippen LogP contribution in [-0.2, 0) is 20.9 Å². The van der Waals surface area contributed by atoms with Crippen molar-refractivity contribution < 1.29 is 24.3 Å². The summed E-state index contributed by atoms with van der Waals surface area (Å²) >= 11 is 12.8. The molecule has 0 saturated carbocycles. The van der Waals surface area contributed by atoms with Crippen molar-refractivity contribution in [1.29, 1.82) is 0 Å². The molecule has 2 N–H and O–H groups in total. The van der Waals surface area contributed by atoms with E-state index in [0.717, 1.165) is 11.1 Å². The molecular weight excluding hydrogens is 557 g/mol. The van der Waals surface area contributed by atoms with Gasteiger partial charge in [-0.2, -0.15) is 5.01 Å². The number of halogens is 2. The van der Waals surface area contributed by atoms with E-state index >= 15 is 0 Å². The second kappa shape index (κ2) is 12.3. The first kappa shape index (κ1) is 29.5. The summed E-state index contributed by atoms with van der Waals surface area (Å²) in [6.07, 6.45) is 8.32. The maximum atomic E-state index is 13.7. The van der Waals surface area contributed by atoms with E-state index in [4.69, 9.17) is 29.6 Å². The molecule has 0 aromatic heterocycles. The number of carboxylic acids is 1. The van der Waals surface area contributed by atoms with E-state index < -0.39 is 40.9 Å². The topological polar surface area (TPSA) is 114 Å². The number of alkyl halides is 1. The number of carbonyl (C=O) groups excluding carboxylic acids is 3. The van der Waals surface area contributed by atoms with Gasteiger partial charge in [-0.1, -0.05) is 53.9 Å². The molecule has 1 aromatic carbocycles. The summed E-state index contributed by atoms with van der Waals surface area (Å²) in [6, 6.07) is 7.77. The number of nitrogens with zero attached hydrogens (tertiary/aromatic N) is 4. The maximum Gasteiger partial charge on any atom is 0.334 e. The molecule has 4 amide bonds. The summed E-state index contributed by atoms with van der Waals surface area (Å²) in [6.45, 7) is 1.94. The Hall–Kier alpha value is -3.52. The molecule has 1 aliphatic carbocycles. The molecular formula is C28H31Cl2N5O5. The molecule has 4 rings (SSSR count). The fourth-order valence-electron chi connectivity index (χ4n) is 5.09. The standard InChI is InChI=1S/C28H31Cl2N5O5/c1-3-13-33-18-24(36)34-21(9-10-25(37)38)26(39)32(16-20-11-12-28(2,30)22(29)14-20)17-23(34)35(33)27(40)31-15-19-7-5-4-6-8-19/h1,4-8,11,14,21,23H,9-10,12-13,15-18H2,2H3,(H,31,40)(H,37,38)/t21-,23-,28?/m0/s1. The second-order valence-electron chi connectivity index (χ2n) is 10.1. The van der Waals surface area contributed by atoms with Crippen molar-refractivity contribution in [2.45, 2.75) is 49.8 Å². The summed E-state index contributed by atoms with van der Waals surface area (Å²) < 4.78 is 0. The summed E-state index contributed by atoms with van der Waals surface area (Å²) in [5.74, 6) is 0.592. The van der Waals surface area contributed by atoms with Gasteiger partial charge >= 0.3 is 12.0 Å². The number of terminal acetylenes is 1. The zero-order valence-electron chi connectivity index (χ0n) is 22.1. The van der Waals surface area contributed by atoms with Gasteiger partial charge in [0.25, 0.3) is 0 Å². The summed E-state index contributed by atoms with van der Waals surface area (Å²) in [4.78, 5) is 54.2. The van der Waals surface area contributed by atoms with Crippen LogP contribution in [0.3, 0.4) is 0 Å². The molecule has 2 fully saturated rings. The van der Waals surface area contributed by atoms with Crippen LogP contribution in [-0.4, -0.2) is 92.0 Å². The molecule has 3 atom stereocenters. The van der Waals surface area contributed by atoms with Crippen LogP contribution in [0.15, 0.2) is 53.1 Å². The second-order valence-corrected chi connectivity index (χ2v) is 11.4. The molecule has 2 heterocycles. The van der Waals surface area contributed by atoms with Crippen LogP contribution in [0.25, 0.3) is 0 Å². The fraction of sp³-hybridized carbons (Fsp3) is 0.429. The van der Waals surface area contributed by atoms with Crippen LogP contribution in [0.4, 0.5) is 4.79 Å². The number of nitrogens with one attached hydrogen (secondary N) is 1. The lowest BCUT2D eigenvalue weighted by Gasteiger charge is -2.55. The third-order valence-electron chi connectivity index (χ3n) is 7.16. The summed E-state index contributed by atoms with van der Waals surface area (Å²) in [5, 5.41) is 15.5. The molecule has 212 valence electrons. The van der Waals surface area contributed by atoms with Crippen molar-refractivity contribution in [3.63, 3.8) is 0 Å². The first-order chi connectivity index (χ1) is 19.0. The quantitative estimate of drug-likeness (QED) is 0.357. The normalized spacial score (nSPS) is 25.1. The number of hydrogen-bond donors (Lipinski definition) is 2. The van der Waals surface area contributed by atoms with Crippen LogP contribution in [0.2, 0.25) is 0 Å². The molecule has 0 radical (unpaired) electrons. The molecule has 3 aliphatic rings. The van der Waals surface area contributed by atoms with Gasteiger partial charge in [-0.3, -0.25) is 14.4 Å². The monoisotopic (exact) mass is 587 g/mol. The number of fused-ring (bicyclic) bond motifs is 1. The van der Waals surface area contributed by atoms with Gasteiger partial charge in [0, 0.05) is 24.5 Å². The third kappa shape index (κ3) is 6.44. The molecule has 40 heavy (non-hydrogen) atoms. The van der Waals surface area contributed by atoms with Crippen molar-refractivity contribution in [2.24, 2.45) is 0 Å². The van der Waals surface area contributed by atoms with Gasteiger partial charge in [0.15, 0.2) is 0 Å². The number of benzene rings is 1. The van der Waals surface area contributed by atoms with Crippen molar-refractivity contribution in [3.8, 4) is 12.3 Å². The predicted octanol–water partition coefficient (Wildman–Crippen LogP) is 2.74. The van der Waals surface area contributed by atoms with Gasteiger partial charge in [-0.15, -0.1) is 18.0 Å². The lowest BCUT2D eigenvalue weighted by Crippen LogP contribution is -2.76. The zero-order chi connectivity index (χ0) is 29.0. The molecule has 0 spiro atoms. The van der Waals surface area contributed by atoms with E-state index in [1.54, 1.807) is 13.0 Å². The highest BCUT2D eigenvalue weighted by Gasteiger charge is 2.51. The minimum atomic E-state index is -1.09. The summed E-state index contributed by atoms with van der Waals surface area (Å²) in [5.41, 5.74) is 1.63. The van der Waals surface area contributed by atoms with E-state index in [0.29, 0.717) is 11.5 Å². The number of hydrogen-bond acceptors (Lipinski definition) is 5. The van der Waals surface area contributed by atoms with E-state index in [1.807, 2.05) is 36.4 Å². The van der Waals surface area contributed by atoms with Gasteiger partial charge in [0.1, 0.15) is 12.2 Å². The predicted molar refractivity (Wildman–Crippen MR) is 150 cm³/mol. The smallest absolute Gasteiger partial charge is 0.334 e. The number of aliphatic carboxylic acids is 1. The van der Waals surface area contributed by atoms with Crippen molar-refractivity contribution >= 4 is 47.0 Å². The van der Waals surface area contributed by atoms with Crippen molar-refractivity contribution in [2.75, 3.05) is 26.2 Å². The Morgan fingerprint density at radius 2 is 1.98 bits per heavy atom. The first-order valence-electron chi connectivity index (χ1n) is 12.9. The van der Waals surface area contributed by atoms with Crippen molar-refractivity contribution in [1.82, 2.24) is 25.1 Å². The SMILES string of the molecule is C#CCN1CC(=O)N2[C@@H](CCC(=O)O)C(=O)N(CC3=CCC(C)(Cl)C(Cl)=C3)C[C@@H]2N1C(=O)NCc1ccccc1. The molecule has 12 heteroatoms. The van der Waals surface area contributed by atoms with E-state index in [9.17, 15) is 24.3 Å². The van der Waals surface area contributed by atoms with Crippen LogP contribution >= 0.6 is 23.2 Å². The number of rotatable bonds is 8. The van der Waals surface area contributed by atoms with Gasteiger partial charge in [-0.25, -0.2) is 9.80 Å². The average Bonchev–Trinajstić information content (AvgIpc) is 2.90. The van der Waals surface area contributed by atoms with Crippen molar-refractivity contribution in [3.05, 3.63) is 58.7 Å². The number of urea groups is 1. The van der Waals surface area contributed by atoms with Crippen LogP contribution < -0.4 is 5.32 Å². The highest BCUT2D eigenvalue weighted by atomic mass is 35.5. The Morgan fingerprint density at radius 3 is 2.62 bits per heavy atom. The van der Waals surface area contributed by atoms with E-state index in [1.165, 1.54) is 19.8 Å². The number of hydrazine groups is 1. The Labute approximate surface area is 243 Å². The Kier molecular flexibility index (Phi) is 9.08. The third-order valence-corrected chi connectivity index (χ3v) is 8.14. The Bertz CT molecular complexity index is 1280. The largest absolute Gasteiger partial charge is 0.481 e. The van der Waals surface area contributed by atoms with Gasteiger partial charge < -0.3 is 20.2 Å². The highest BCUT2D eigenvalue weighted by Crippen LogP contribution is 2.37. The maximum absolute atomic E-state index is 13.7. The minimum absolute atomic E-state index is 0.00504. The summed E-state index contributed by atoms with van der Waals surface area (Å²) in [7, 11) is 0. The van der Waals surface area contributed by atoms with Gasteiger partial charge in [0.2, 0.25) is 11.8 Å². The fourth-order valence-corrected chi connectivity index (χ4v) is 5.44. The minimum Gasteiger partial charge on any atom is -0.481 e. The lowest BCUT2D eigenvalue weighted by atomic mass is 9.96. The average molecular weight is 588 g/mol. The van der Waals surface area contributed by atoms with Gasteiger partial charge in [0.05, 0.1) is 24.5 Å². The molecule has 1 aromatic rings. The van der Waals surface area contributed by atoms with Crippen LogP contribution in [0, 0.1) is 12.3 Å². The number of piperazine rings is 1. The van der Waals surface area contributed by atoms with Gasteiger partial charge in [-0.05, 0) is 37.0 Å². The number of allylic oxidation sites excluding steroid dienone is 2. The Balaban J connectivity index is 1.65.